The summed E-state index contributed by atoms with van der Waals surface area (Å²) in [6.45, 7) is 1.82. The molecule has 0 aliphatic carbocycles. The molecule has 0 aromatic heterocycles. The number of hydrogen-bond donors (Lipinski definition) is 1. The van der Waals surface area contributed by atoms with Crippen molar-refractivity contribution >= 4 is 15.9 Å². The normalized spacial score (nSPS) is 13.0. The highest BCUT2D eigenvalue weighted by Crippen LogP contribution is 2.39. The van der Waals surface area contributed by atoms with Gasteiger partial charge in [-0.15, -0.1) is 0 Å². The number of para-hydroxylation sites is 1. The Bertz CT molecular complexity index is 641. The summed E-state index contributed by atoms with van der Waals surface area (Å²) in [5.41, 5.74) is 5.80. The van der Waals surface area contributed by atoms with E-state index in [1.807, 2.05) is 6.92 Å². The SMILES string of the molecule is CC(N)c1ccc(Oc2ccccc2C(F)(F)F)c(Br)c1. The van der Waals surface area contributed by atoms with Gasteiger partial charge in [-0.2, -0.15) is 13.2 Å². The topological polar surface area (TPSA) is 35.2 Å². The zero-order valence-corrected chi connectivity index (χ0v) is 12.7. The molecule has 2 aromatic rings. The van der Waals surface area contributed by atoms with Crippen molar-refractivity contribution in [1.29, 1.82) is 0 Å². The van der Waals surface area contributed by atoms with Crippen LogP contribution >= 0.6 is 15.9 Å². The molecule has 21 heavy (non-hydrogen) atoms. The van der Waals surface area contributed by atoms with Crippen molar-refractivity contribution in [3.63, 3.8) is 0 Å². The molecule has 0 saturated carbocycles. The first-order chi connectivity index (χ1) is 9.79. The van der Waals surface area contributed by atoms with E-state index in [1.165, 1.54) is 18.2 Å². The van der Waals surface area contributed by atoms with Gasteiger partial charge in [0.1, 0.15) is 11.5 Å². The number of nitrogens with two attached hydrogens (primary N) is 1. The van der Waals surface area contributed by atoms with Gasteiger partial charge in [-0.3, -0.25) is 0 Å². The molecule has 0 aliphatic rings. The summed E-state index contributed by atoms with van der Waals surface area (Å²) >= 11 is 3.29. The van der Waals surface area contributed by atoms with Crippen LogP contribution in [0.1, 0.15) is 24.1 Å². The molecule has 2 N–H and O–H groups in total. The predicted molar refractivity (Wildman–Crippen MR) is 78.3 cm³/mol. The van der Waals surface area contributed by atoms with Crippen molar-refractivity contribution in [3.8, 4) is 11.5 Å². The lowest BCUT2D eigenvalue weighted by molar-refractivity contribution is -0.138. The average molecular weight is 360 g/mol. The molecular weight excluding hydrogens is 347 g/mol. The van der Waals surface area contributed by atoms with Crippen molar-refractivity contribution < 1.29 is 17.9 Å². The summed E-state index contributed by atoms with van der Waals surface area (Å²) in [5.74, 6) is 0.0651. The number of ether oxygens (including phenoxy) is 1. The van der Waals surface area contributed by atoms with Crippen LogP contribution in [0.25, 0.3) is 0 Å². The number of benzene rings is 2. The molecule has 1 atom stereocenters. The van der Waals surface area contributed by atoms with Gasteiger partial charge in [-0.05, 0) is 52.7 Å². The largest absolute Gasteiger partial charge is 0.456 e. The highest BCUT2D eigenvalue weighted by Gasteiger charge is 2.34. The molecule has 2 aromatic carbocycles. The van der Waals surface area contributed by atoms with Crippen molar-refractivity contribution in [1.82, 2.24) is 0 Å². The minimum Gasteiger partial charge on any atom is -0.456 e. The quantitative estimate of drug-likeness (QED) is 0.808. The fourth-order valence-corrected chi connectivity index (χ4v) is 2.27. The summed E-state index contributed by atoms with van der Waals surface area (Å²) < 4.78 is 44.7. The Labute approximate surface area is 128 Å². The van der Waals surface area contributed by atoms with E-state index in [-0.39, 0.29) is 11.8 Å². The third-order valence-corrected chi connectivity index (χ3v) is 3.51. The van der Waals surface area contributed by atoms with Gasteiger partial charge in [0, 0.05) is 6.04 Å². The lowest BCUT2D eigenvalue weighted by Gasteiger charge is -2.15. The second-order valence-electron chi connectivity index (χ2n) is 4.57. The maximum Gasteiger partial charge on any atom is 0.419 e. The van der Waals surface area contributed by atoms with E-state index in [9.17, 15) is 13.2 Å². The first kappa shape index (κ1) is 15.9. The molecule has 112 valence electrons. The average Bonchev–Trinajstić information content (AvgIpc) is 2.40. The maximum absolute atomic E-state index is 12.9. The van der Waals surface area contributed by atoms with E-state index in [1.54, 1.807) is 18.2 Å². The summed E-state index contributed by atoms with van der Waals surface area (Å²) in [7, 11) is 0. The van der Waals surface area contributed by atoms with Crippen LogP contribution in [0.15, 0.2) is 46.9 Å². The molecule has 6 heteroatoms. The first-order valence-electron chi connectivity index (χ1n) is 6.18. The lowest BCUT2D eigenvalue weighted by atomic mass is 10.1. The van der Waals surface area contributed by atoms with Crippen LogP contribution in [-0.4, -0.2) is 0 Å². The van der Waals surface area contributed by atoms with E-state index in [0.29, 0.717) is 10.2 Å². The zero-order valence-electron chi connectivity index (χ0n) is 11.1. The molecule has 0 bridgehead atoms. The van der Waals surface area contributed by atoms with Crippen LogP contribution in [0.4, 0.5) is 13.2 Å². The summed E-state index contributed by atoms with van der Waals surface area (Å²) in [5, 5.41) is 0. The second kappa shape index (κ2) is 6.07. The number of halogens is 4. The monoisotopic (exact) mass is 359 g/mol. The molecule has 1 unspecified atom stereocenters. The Balaban J connectivity index is 2.35. The zero-order chi connectivity index (χ0) is 15.6. The fourth-order valence-electron chi connectivity index (χ4n) is 1.79. The van der Waals surface area contributed by atoms with Crippen LogP contribution < -0.4 is 10.5 Å². The Morgan fingerprint density at radius 1 is 1.10 bits per heavy atom. The van der Waals surface area contributed by atoms with Crippen LogP contribution in [0.3, 0.4) is 0 Å². The van der Waals surface area contributed by atoms with Crippen molar-refractivity contribution in [3.05, 3.63) is 58.1 Å². The number of alkyl halides is 3. The molecule has 0 aliphatic heterocycles. The third kappa shape index (κ3) is 3.77. The molecule has 0 heterocycles. The van der Waals surface area contributed by atoms with Gasteiger partial charge >= 0.3 is 6.18 Å². The smallest absolute Gasteiger partial charge is 0.419 e. The van der Waals surface area contributed by atoms with Gasteiger partial charge in [0.25, 0.3) is 0 Å². The van der Waals surface area contributed by atoms with Crippen molar-refractivity contribution in [2.24, 2.45) is 5.73 Å². The minimum atomic E-state index is -4.46. The van der Waals surface area contributed by atoms with Crippen LogP contribution in [0.2, 0.25) is 0 Å². The molecule has 0 amide bonds. The first-order valence-corrected chi connectivity index (χ1v) is 6.97. The predicted octanol–water partition coefficient (Wildman–Crippen LogP) is 5.28. The van der Waals surface area contributed by atoms with Crippen molar-refractivity contribution in [2.45, 2.75) is 19.1 Å². The molecular formula is C15H13BrF3NO. The molecule has 0 saturated heterocycles. The van der Waals surface area contributed by atoms with E-state index in [0.717, 1.165) is 11.6 Å². The van der Waals surface area contributed by atoms with Gasteiger partial charge in [0.05, 0.1) is 10.0 Å². The van der Waals surface area contributed by atoms with Gasteiger partial charge in [-0.1, -0.05) is 18.2 Å². The maximum atomic E-state index is 12.9. The summed E-state index contributed by atoms with van der Waals surface area (Å²) in [6, 6.07) is 9.97. The van der Waals surface area contributed by atoms with E-state index < -0.39 is 11.7 Å². The molecule has 0 fully saturated rings. The molecule has 2 rings (SSSR count). The number of hydrogen-bond acceptors (Lipinski definition) is 2. The second-order valence-corrected chi connectivity index (χ2v) is 5.43. The van der Waals surface area contributed by atoms with Crippen LogP contribution in [0.5, 0.6) is 11.5 Å². The van der Waals surface area contributed by atoms with Crippen molar-refractivity contribution in [2.75, 3.05) is 0 Å². The highest BCUT2D eigenvalue weighted by atomic mass is 79.9. The van der Waals surface area contributed by atoms with E-state index >= 15 is 0 Å². The Morgan fingerprint density at radius 3 is 2.33 bits per heavy atom. The van der Waals surface area contributed by atoms with Crippen LogP contribution in [-0.2, 0) is 6.18 Å². The molecule has 0 radical (unpaired) electrons. The van der Waals surface area contributed by atoms with Gasteiger partial charge < -0.3 is 10.5 Å². The fraction of sp³-hybridized carbons (Fsp3) is 0.200. The Morgan fingerprint density at radius 2 is 1.76 bits per heavy atom. The van der Waals surface area contributed by atoms with E-state index in [2.05, 4.69) is 15.9 Å². The summed E-state index contributed by atoms with van der Waals surface area (Å²) in [6.07, 6.45) is -4.46. The van der Waals surface area contributed by atoms with Crippen LogP contribution in [0, 0.1) is 0 Å². The van der Waals surface area contributed by atoms with Gasteiger partial charge in [-0.25, -0.2) is 0 Å². The third-order valence-electron chi connectivity index (χ3n) is 2.89. The van der Waals surface area contributed by atoms with Gasteiger partial charge in [0.15, 0.2) is 0 Å². The molecule has 0 spiro atoms. The lowest BCUT2D eigenvalue weighted by Crippen LogP contribution is -2.07. The number of rotatable bonds is 3. The Kier molecular flexibility index (Phi) is 4.58. The van der Waals surface area contributed by atoms with Gasteiger partial charge in [0.2, 0.25) is 0 Å². The summed E-state index contributed by atoms with van der Waals surface area (Å²) in [4.78, 5) is 0. The minimum absolute atomic E-state index is 0.169. The van der Waals surface area contributed by atoms with E-state index in [4.69, 9.17) is 10.5 Å². The Hall–Kier alpha value is -1.53. The highest BCUT2D eigenvalue weighted by molar-refractivity contribution is 9.10. The molecule has 2 nitrogen and oxygen atoms in total. The standard InChI is InChI=1S/C15H13BrF3NO/c1-9(20)10-6-7-14(12(16)8-10)21-13-5-3-2-4-11(13)15(17,18)19/h2-9H,20H2,1H3.